The molecule has 120 valence electrons. The Morgan fingerprint density at radius 2 is 2.00 bits per heavy atom. The fraction of sp³-hybridized carbons (Fsp3) is 0.643. The number of alkyl halides is 1. The summed E-state index contributed by atoms with van der Waals surface area (Å²) in [5.41, 5.74) is 0.793. The fourth-order valence-electron chi connectivity index (χ4n) is 2.14. The first-order valence-electron chi connectivity index (χ1n) is 7.02. The minimum Gasteiger partial charge on any atom is -0.383 e. The largest absolute Gasteiger partial charge is 0.383 e. The maximum absolute atomic E-state index is 12.8. The average molecular weight is 335 g/mol. The van der Waals surface area contributed by atoms with Crippen LogP contribution < -0.4 is 0 Å². The molecule has 21 heavy (non-hydrogen) atoms. The van der Waals surface area contributed by atoms with Crippen LogP contribution in [-0.2, 0) is 20.6 Å². The summed E-state index contributed by atoms with van der Waals surface area (Å²) in [6, 6.07) is 3.14. The molecule has 0 aliphatic carbocycles. The van der Waals surface area contributed by atoms with Crippen molar-refractivity contribution in [2.24, 2.45) is 0 Å². The Balaban J connectivity index is 3.12. The normalized spacial score (nSPS) is 12.3. The maximum atomic E-state index is 12.8. The van der Waals surface area contributed by atoms with E-state index in [0.29, 0.717) is 19.0 Å². The van der Waals surface area contributed by atoms with Crippen molar-refractivity contribution in [3.63, 3.8) is 0 Å². The number of rotatable bonds is 9. The molecule has 0 N–H and O–H groups in total. The summed E-state index contributed by atoms with van der Waals surface area (Å²) in [5.74, 6) is 0.313. The van der Waals surface area contributed by atoms with Crippen LogP contribution in [0.3, 0.4) is 0 Å². The number of hydrogen-bond acceptors (Lipinski definition) is 4. The molecule has 0 bridgehead atoms. The highest BCUT2D eigenvalue weighted by molar-refractivity contribution is 7.89. The van der Waals surface area contributed by atoms with Crippen LogP contribution >= 0.6 is 11.6 Å². The summed E-state index contributed by atoms with van der Waals surface area (Å²) in [5, 5.41) is 0.0550. The number of aromatic nitrogens is 1. The quantitative estimate of drug-likeness (QED) is 0.651. The van der Waals surface area contributed by atoms with Gasteiger partial charge < -0.3 is 4.74 Å². The second kappa shape index (κ2) is 8.68. The first-order valence-corrected chi connectivity index (χ1v) is 9.00. The number of nitrogens with zero attached hydrogens (tertiary/aromatic N) is 2. The standard InChI is InChI=1S/C14H23ClN2O3S/c1-4-13(5-2)17(8-9-20-3)21(18,19)14-7-6-12(10-15)11-16-14/h6-7,11,13H,4-5,8-10H2,1-3H3. The van der Waals surface area contributed by atoms with E-state index >= 15 is 0 Å². The Bertz CT molecular complexity index is 516. The third-order valence-corrected chi connectivity index (χ3v) is 5.57. The predicted octanol–water partition coefficient (Wildman–Crippen LogP) is 2.65. The van der Waals surface area contributed by atoms with Gasteiger partial charge >= 0.3 is 0 Å². The van der Waals surface area contributed by atoms with Gasteiger partial charge in [-0.3, -0.25) is 0 Å². The van der Waals surface area contributed by atoms with E-state index in [9.17, 15) is 8.42 Å². The van der Waals surface area contributed by atoms with Crippen LogP contribution in [0.4, 0.5) is 0 Å². The highest BCUT2D eigenvalue weighted by Crippen LogP contribution is 2.20. The van der Waals surface area contributed by atoms with E-state index in [1.807, 2.05) is 13.8 Å². The predicted molar refractivity (Wildman–Crippen MR) is 83.9 cm³/mol. The molecule has 0 unspecified atom stereocenters. The van der Waals surface area contributed by atoms with Crippen molar-refractivity contribution in [3.8, 4) is 0 Å². The molecular formula is C14H23ClN2O3S. The van der Waals surface area contributed by atoms with Crippen molar-refractivity contribution in [2.75, 3.05) is 20.3 Å². The van der Waals surface area contributed by atoms with Crippen LogP contribution in [-0.4, -0.2) is 44.0 Å². The van der Waals surface area contributed by atoms with Gasteiger partial charge in [0, 0.05) is 31.8 Å². The molecule has 5 nitrogen and oxygen atoms in total. The molecule has 0 atom stereocenters. The summed E-state index contributed by atoms with van der Waals surface area (Å²) >= 11 is 5.70. The molecule has 0 radical (unpaired) electrons. The van der Waals surface area contributed by atoms with Crippen LogP contribution in [0.25, 0.3) is 0 Å². The maximum Gasteiger partial charge on any atom is 0.260 e. The van der Waals surface area contributed by atoms with Gasteiger partial charge in [-0.1, -0.05) is 19.9 Å². The third kappa shape index (κ3) is 4.64. The molecule has 0 spiro atoms. The van der Waals surface area contributed by atoms with Gasteiger partial charge in [0.25, 0.3) is 10.0 Å². The minimum atomic E-state index is -3.62. The lowest BCUT2D eigenvalue weighted by molar-refractivity contribution is 0.163. The van der Waals surface area contributed by atoms with Gasteiger partial charge in [0.1, 0.15) is 0 Å². The number of methoxy groups -OCH3 is 1. The zero-order valence-electron chi connectivity index (χ0n) is 12.8. The second-order valence-corrected chi connectivity index (χ2v) is 6.82. The molecule has 0 aliphatic rings. The van der Waals surface area contributed by atoms with E-state index in [0.717, 1.165) is 18.4 Å². The lowest BCUT2D eigenvalue weighted by Gasteiger charge is -2.29. The molecule has 1 rings (SSSR count). The van der Waals surface area contributed by atoms with E-state index in [4.69, 9.17) is 16.3 Å². The summed E-state index contributed by atoms with van der Waals surface area (Å²) in [7, 11) is -2.06. The van der Waals surface area contributed by atoms with Crippen LogP contribution in [0.15, 0.2) is 23.4 Å². The highest BCUT2D eigenvalue weighted by Gasteiger charge is 2.30. The van der Waals surface area contributed by atoms with Gasteiger partial charge in [-0.15, -0.1) is 11.6 Å². The first kappa shape index (κ1) is 18.4. The Hall–Kier alpha value is -0.690. The van der Waals surface area contributed by atoms with E-state index < -0.39 is 10.0 Å². The van der Waals surface area contributed by atoms with Gasteiger partial charge in [-0.05, 0) is 24.5 Å². The molecular weight excluding hydrogens is 312 g/mol. The van der Waals surface area contributed by atoms with E-state index in [-0.39, 0.29) is 11.1 Å². The number of sulfonamides is 1. The number of ether oxygens (including phenoxy) is 1. The molecule has 1 aromatic rings. The van der Waals surface area contributed by atoms with Crippen LogP contribution in [0.5, 0.6) is 0 Å². The van der Waals surface area contributed by atoms with Crippen molar-refractivity contribution in [1.82, 2.24) is 9.29 Å². The lowest BCUT2D eigenvalue weighted by Crippen LogP contribution is -2.42. The molecule has 0 aliphatic heterocycles. The Morgan fingerprint density at radius 1 is 1.33 bits per heavy atom. The summed E-state index contributed by atoms with van der Waals surface area (Å²) in [6.45, 7) is 4.64. The summed E-state index contributed by atoms with van der Waals surface area (Å²) in [4.78, 5) is 4.05. The van der Waals surface area contributed by atoms with Crippen LogP contribution in [0.1, 0.15) is 32.3 Å². The van der Waals surface area contributed by atoms with E-state index in [1.54, 1.807) is 13.2 Å². The lowest BCUT2D eigenvalue weighted by atomic mass is 10.2. The molecule has 0 aromatic carbocycles. The smallest absolute Gasteiger partial charge is 0.260 e. The van der Waals surface area contributed by atoms with Crippen LogP contribution in [0.2, 0.25) is 0 Å². The van der Waals surface area contributed by atoms with Crippen molar-refractivity contribution >= 4 is 21.6 Å². The molecule has 0 amide bonds. The monoisotopic (exact) mass is 334 g/mol. The van der Waals surface area contributed by atoms with Gasteiger partial charge in [-0.2, -0.15) is 4.31 Å². The SMILES string of the molecule is CCC(CC)N(CCOC)S(=O)(=O)c1ccc(CCl)cn1. The number of pyridine rings is 1. The average Bonchev–Trinajstić information content (AvgIpc) is 2.51. The number of hydrogen-bond donors (Lipinski definition) is 0. The second-order valence-electron chi connectivity index (χ2n) is 4.72. The molecule has 7 heteroatoms. The molecule has 0 fully saturated rings. The zero-order chi connectivity index (χ0) is 15.9. The van der Waals surface area contributed by atoms with Crippen molar-refractivity contribution in [2.45, 2.75) is 43.6 Å². The van der Waals surface area contributed by atoms with Crippen molar-refractivity contribution in [1.29, 1.82) is 0 Å². The molecule has 1 heterocycles. The number of halogens is 1. The van der Waals surface area contributed by atoms with Gasteiger partial charge in [-0.25, -0.2) is 13.4 Å². The molecule has 0 saturated heterocycles. The highest BCUT2D eigenvalue weighted by atomic mass is 35.5. The summed E-state index contributed by atoms with van der Waals surface area (Å²) in [6.07, 6.45) is 3.00. The zero-order valence-corrected chi connectivity index (χ0v) is 14.3. The van der Waals surface area contributed by atoms with E-state index in [1.165, 1.54) is 16.6 Å². The Kier molecular flexibility index (Phi) is 7.59. The van der Waals surface area contributed by atoms with Gasteiger partial charge in [0.15, 0.2) is 5.03 Å². The molecule has 1 aromatic heterocycles. The van der Waals surface area contributed by atoms with Gasteiger partial charge in [0.05, 0.1) is 6.61 Å². The van der Waals surface area contributed by atoms with Crippen molar-refractivity contribution in [3.05, 3.63) is 23.9 Å². The third-order valence-electron chi connectivity index (χ3n) is 3.39. The van der Waals surface area contributed by atoms with E-state index in [2.05, 4.69) is 4.98 Å². The fourth-order valence-corrected chi connectivity index (χ4v) is 3.97. The molecule has 0 saturated carbocycles. The van der Waals surface area contributed by atoms with Crippen molar-refractivity contribution < 1.29 is 13.2 Å². The van der Waals surface area contributed by atoms with Crippen LogP contribution in [0, 0.1) is 0 Å². The Labute approximate surface area is 132 Å². The Morgan fingerprint density at radius 3 is 2.43 bits per heavy atom. The minimum absolute atomic E-state index is 0.0550. The van der Waals surface area contributed by atoms with Gasteiger partial charge in [0.2, 0.25) is 0 Å². The topological polar surface area (TPSA) is 59.5 Å². The first-order chi connectivity index (χ1) is 10.0. The summed E-state index contributed by atoms with van der Waals surface area (Å²) < 4.78 is 32.1.